The van der Waals surface area contributed by atoms with E-state index in [2.05, 4.69) is 114 Å². The highest BCUT2D eigenvalue weighted by Gasteiger charge is 2.43. The van der Waals surface area contributed by atoms with Crippen LogP contribution in [0.4, 0.5) is 0 Å². The molecule has 0 unspecified atom stereocenters. The molecule has 0 amide bonds. The average molecular weight is 469 g/mol. The first-order valence-corrected chi connectivity index (χ1v) is 13.1. The van der Waals surface area contributed by atoms with Crippen LogP contribution in [-0.4, -0.2) is 9.97 Å². The van der Waals surface area contributed by atoms with Crippen LogP contribution in [-0.2, 0) is 10.8 Å². The van der Waals surface area contributed by atoms with E-state index in [-0.39, 0.29) is 22.7 Å². The third kappa shape index (κ3) is 2.91. The molecule has 2 nitrogen and oxygen atoms in total. The molecule has 0 spiro atoms. The zero-order chi connectivity index (χ0) is 25.0. The van der Waals surface area contributed by atoms with E-state index in [0.29, 0.717) is 0 Å². The predicted molar refractivity (Wildman–Crippen MR) is 149 cm³/mol. The molecular formula is C34H32N2. The summed E-state index contributed by atoms with van der Waals surface area (Å²) in [5, 5.41) is 2.61. The SMILES string of the molecule is CC(C)(C)c1ccc(C(C)(C)C)c2cc3nc4c(nc3cc12)C1c2ccccc2C4c2ccccc21. The molecule has 2 bridgehead atoms. The molecule has 0 N–H and O–H groups in total. The second kappa shape index (κ2) is 7.03. The van der Waals surface area contributed by atoms with Crippen molar-refractivity contribution < 1.29 is 0 Å². The number of benzene rings is 4. The average Bonchev–Trinajstić information content (AvgIpc) is 2.84. The van der Waals surface area contributed by atoms with E-state index in [9.17, 15) is 0 Å². The van der Waals surface area contributed by atoms with Crippen molar-refractivity contribution in [2.24, 2.45) is 0 Å². The van der Waals surface area contributed by atoms with Gasteiger partial charge in [-0.1, -0.05) is 102 Å². The highest BCUT2D eigenvalue weighted by Crippen LogP contribution is 2.54. The third-order valence-corrected chi connectivity index (χ3v) is 8.25. The fourth-order valence-electron chi connectivity index (χ4n) is 6.65. The second-order valence-electron chi connectivity index (χ2n) is 12.7. The highest BCUT2D eigenvalue weighted by atomic mass is 14.9. The largest absolute Gasteiger partial charge is 0.248 e. The van der Waals surface area contributed by atoms with E-state index in [1.54, 1.807) is 0 Å². The fraction of sp³-hybridized carbons (Fsp3) is 0.294. The summed E-state index contributed by atoms with van der Waals surface area (Å²) < 4.78 is 0. The van der Waals surface area contributed by atoms with E-state index in [4.69, 9.17) is 9.97 Å². The van der Waals surface area contributed by atoms with Crippen molar-refractivity contribution in [3.8, 4) is 0 Å². The lowest BCUT2D eigenvalue weighted by Gasteiger charge is -2.40. The maximum Gasteiger partial charge on any atom is 0.0897 e. The predicted octanol–water partition coefficient (Wildman–Crippen LogP) is 8.37. The van der Waals surface area contributed by atoms with E-state index in [0.717, 1.165) is 22.4 Å². The molecule has 0 saturated heterocycles. The molecule has 0 fully saturated rings. The zero-order valence-electron chi connectivity index (χ0n) is 22.0. The van der Waals surface area contributed by atoms with Gasteiger partial charge in [0.25, 0.3) is 0 Å². The Bertz CT molecular complexity index is 1540. The van der Waals surface area contributed by atoms with Crippen LogP contribution in [0.1, 0.15) is 98.1 Å². The summed E-state index contributed by atoms with van der Waals surface area (Å²) >= 11 is 0. The van der Waals surface area contributed by atoms with E-state index >= 15 is 0 Å². The molecule has 2 heteroatoms. The summed E-state index contributed by atoms with van der Waals surface area (Å²) in [5.74, 6) is 0.293. The standard InChI is InChI=1S/C34H32N2/c1-33(2,3)25-15-16-26(34(4,5)6)24-18-28-27(17-23(24)25)35-31-29-19-11-7-9-13-21(19)30(32(31)36-28)22-14-10-8-12-20(22)29/h7-18,29-30H,1-6H3. The molecule has 0 radical (unpaired) electrons. The number of rotatable bonds is 0. The van der Waals surface area contributed by atoms with Gasteiger partial charge < -0.3 is 0 Å². The van der Waals surface area contributed by atoms with Gasteiger partial charge in [-0.05, 0) is 67.1 Å². The summed E-state index contributed by atoms with van der Waals surface area (Å²) in [4.78, 5) is 10.8. The number of aromatic nitrogens is 2. The lowest BCUT2D eigenvalue weighted by atomic mass is 9.64. The van der Waals surface area contributed by atoms with Gasteiger partial charge in [-0.15, -0.1) is 0 Å². The van der Waals surface area contributed by atoms with Crippen molar-refractivity contribution in [3.63, 3.8) is 0 Å². The molecule has 1 aromatic heterocycles. The minimum atomic E-state index is 0.0426. The van der Waals surface area contributed by atoms with Crippen LogP contribution in [0.25, 0.3) is 21.8 Å². The Morgan fingerprint density at radius 3 is 1.14 bits per heavy atom. The molecule has 0 saturated carbocycles. The molecular weight excluding hydrogens is 436 g/mol. The van der Waals surface area contributed by atoms with Crippen LogP contribution in [0.2, 0.25) is 0 Å². The fourth-order valence-corrected chi connectivity index (χ4v) is 6.65. The Morgan fingerprint density at radius 2 is 0.833 bits per heavy atom. The van der Waals surface area contributed by atoms with Gasteiger partial charge >= 0.3 is 0 Å². The molecule has 5 aromatic rings. The Labute approximate surface area is 213 Å². The maximum absolute atomic E-state index is 5.40. The molecule has 3 aliphatic carbocycles. The van der Waals surface area contributed by atoms with Crippen molar-refractivity contribution in [1.82, 2.24) is 9.97 Å². The Kier molecular flexibility index (Phi) is 4.25. The summed E-state index contributed by atoms with van der Waals surface area (Å²) in [6, 6.07) is 27.1. The quantitative estimate of drug-likeness (QED) is 0.209. The number of hydrogen-bond donors (Lipinski definition) is 0. The van der Waals surface area contributed by atoms with Gasteiger partial charge in [0.1, 0.15) is 0 Å². The van der Waals surface area contributed by atoms with Crippen LogP contribution >= 0.6 is 0 Å². The van der Waals surface area contributed by atoms with Crippen LogP contribution in [0.5, 0.6) is 0 Å². The Morgan fingerprint density at radius 1 is 0.500 bits per heavy atom. The summed E-state index contributed by atoms with van der Waals surface area (Å²) in [6.45, 7) is 13.8. The molecule has 4 aromatic carbocycles. The lowest BCUT2D eigenvalue weighted by Crippen LogP contribution is -2.29. The maximum atomic E-state index is 5.40. The lowest BCUT2D eigenvalue weighted by molar-refractivity contribution is 0.585. The molecule has 36 heavy (non-hydrogen) atoms. The van der Waals surface area contributed by atoms with E-state index in [1.807, 2.05) is 0 Å². The molecule has 1 heterocycles. The minimum absolute atomic E-state index is 0.0426. The van der Waals surface area contributed by atoms with Crippen molar-refractivity contribution in [2.45, 2.75) is 64.2 Å². The second-order valence-corrected chi connectivity index (χ2v) is 12.7. The summed E-state index contributed by atoms with van der Waals surface area (Å²) in [5.41, 5.74) is 12.6. The third-order valence-electron chi connectivity index (χ3n) is 8.25. The smallest absolute Gasteiger partial charge is 0.0897 e. The van der Waals surface area contributed by atoms with Gasteiger partial charge in [-0.2, -0.15) is 0 Å². The van der Waals surface area contributed by atoms with Gasteiger partial charge in [-0.25, -0.2) is 9.97 Å². The van der Waals surface area contributed by atoms with Gasteiger partial charge in [0.05, 0.1) is 34.3 Å². The molecule has 178 valence electrons. The van der Waals surface area contributed by atoms with Crippen LogP contribution in [0.3, 0.4) is 0 Å². The summed E-state index contributed by atoms with van der Waals surface area (Å²) in [7, 11) is 0. The van der Waals surface area contributed by atoms with E-state index in [1.165, 1.54) is 44.2 Å². The highest BCUT2D eigenvalue weighted by molar-refractivity contribution is 5.99. The molecule has 8 rings (SSSR count). The van der Waals surface area contributed by atoms with Gasteiger partial charge in [0, 0.05) is 0 Å². The minimum Gasteiger partial charge on any atom is -0.248 e. The first-order valence-electron chi connectivity index (χ1n) is 13.1. The van der Waals surface area contributed by atoms with Crippen molar-refractivity contribution in [2.75, 3.05) is 0 Å². The molecule has 0 atom stereocenters. The number of nitrogens with zero attached hydrogens (tertiary/aromatic N) is 2. The monoisotopic (exact) mass is 468 g/mol. The first kappa shape index (κ1) is 21.7. The van der Waals surface area contributed by atoms with Crippen molar-refractivity contribution >= 4 is 21.8 Å². The number of fused-ring (bicyclic) bond motifs is 2. The zero-order valence-corrected chi connectivity index (χ0v) is 22.0. The Hall–Kier alpha value is -3.52. The van der Waals surface area contributed by atoms with Gasteiger partial charge in [0.15, 0.2) is 0 Å². The summed E-state index contributed by atoms with van der Waals surface area (Å²) in [6.07, 6.45) is 0. The molecule has 3 aliphatic rings. The van der Waals surface area contributed by atoms with Gasteiger partial charge in [-0.3, -0.25) is 0 Å². The first-order chi connectivity index (χ1) is 17.1. The topological polar surface area (TPSA) is 25.8 Å². The normalized spacial score (nSPS) is 18.3. The number of hydrogen-bond acceptors (Lipinski definition) is 2. The van der Waals surface area contributed by atoms with Crippen LogP contribution in [0, 0.1) is 0 Å². The van der Waals surface area contributed by atoms with Crippen molar-refractivity contribution in [1.29, 1.82) is 0 Å². The molecule has 0 aliphatic heterocycles. The Balaban J connectivity index is 1.57. The van der Waals surface area contributed by atoms with Crippen LogP contribution in [0.15, 0.2) is 72.8 Å². The van der Waals surface area contributed by atoms with Crippen LogP contribution < -0.4 is 0 Å². The van der Waals surface area contributed by atoms with Crippen molar-refractivity contribution in [3.05, 3.63) is 118 Å². The van der Waals surface area contributed by atoms with E-state index < -0.39 is 0 Å². The van der Waals surface area contributed by atoms with Gasteiger partial charge in [0.2, 0.25) is 0 Å².